The number of hydrogen-bond acceptors (Lipinski definition) is 0. The van der Waals surface area contributed by atoms with Gasteiger partial charge in [0.1, 0.15) is 0 Å². The van der Waals surface area contributed by atoms with Crippen molar-refractivity contribution in [3.63, 3.8) is 0 Å². The van der Waals surface area contributed by atoms with Crippen LogP contribution in [0.15, 0.2) is 0 Å². The Morgan fingerprint density at radius 1 is 0.220 bits per heavy atom. The van der Waals surface area contributed by atoms with Gasteiger partial charge in [-0.2, -0.15) is 114 Å². The number of rotatable bonds is 12. The molecule has 0 fully saturated rings. The van der Waals surface area contributed by atoms with Crippen LogP contribution in [0.4, 0.5) is 114 Å². The number of halogens is 26. The van der Waals surface area contributed by atoms with Crippen LogP contribution in [0.25, 0.3) is 0 Å². The Balaban J connectivity index is 6.28. The molecule has 0 amide bonds. The minimum Gasteiger partial charge on any atom is -0.200 e. The first-order chi connectivity index (χ1) is 17.2. The van der Waals surface area contributed by atoms with Crippen molar-refractivity contribution in [3.8, 4) is 0 Å². The molecule has 0 aromatic rings. The van der Waals surface area contributed by atoms with Crippen molar-refractivity contribution in [3.05, 3.63) is 0 Å². The molecule has 0 spiro atoms. The van der Waals surface area contributed by atoms with Gasteiger partial charge >= 0.3 is 71.6 Å². The van der Waals surface area contributed by atoms with Gasteiger partial charge in [-0.05, 0) is 6.42 Å². The molecule has 0 atom stereocenters. The van der Waals surface area contributed by atoms with E-state index in [1.165, 1.54) is 0 Å². The second-order valence-electron chi connectivity index (χ2n) is 7.85. The lowest BCUT2D eigenvalue weighted by molar-refractivity contribution is -0.442. The molecule has 0 radical (unpaired) electrons. The molecule has 0 aliphatic rings. The molecule has 0 aromatic carbocycles. The molecule has 0 heterocycles. The fraction of sp³-hybridized carbons (Fsp3) is 1.00. The largest absolute Gasteiger partial charge is 0.460 e. The zero-order valence-electron chi connectivity index (χ0n) is 17.9. The smallest absolute Gasteiger partial charge is 0.200 e. The van der Waals surface area contributed by atoms with Crippen LogP contribution >= 0.6 is 0 Å². The Bertz CT molecular complexity index is 840. The fourth-order valence-electron chi connectivity index (χ4n) is 2.45. The van der Waals surface area contributed by atoms with E-state index in [-0.39, 0.29) is 0 Å². The number of alkyl halides is 26. The molecule has 0 N–H and O–H groups in total. The van der Waals surface area contributed by atoms with Crippen LogP contribution in [0, 0.1) is 0 Å². The highest BCUT2D eigenvalue weighted by atomic mass is 19.4. The van der Waals surface area contributed by atoms with Crippen LogP contribution < -0.4 is 0 Å². The highest BCUT2D eigenvalue weighted by molar-refractivity contribution is 5.12. The maximum atomic E-state index is 13.5. The van der Waals surface area contributed by atoms with Gasteiger partial charge in [-0.15, -0.1) is 0 Å². The van der Waals surface area contributed by atoms with Crippen molar-refractivity contribution in [1.29, 1.82) is 0 Å². The Morgan fingerprint density at radius 2 is 0.390 bits per heavy atom. The minimum absolute atomic E-state index is 3.17. The molecule has 0 saturated heterocycles. The molecule has 0 rings (SSSR count). The lowest BCUT2D eigenvalue weighted by Crippen LogP contribution is -2.70. The van der Waals surface area contributed by atoms with Crippen LogP contribution in [0.2, 0.25) is 0 Å². The van der Waals surface area contributed by atoms with Gasteiger partial charge in [-0.1, -0.05) is 0 Å². The van der Waals surface area contributed by atoms with Crippen LogP contribution in [0.3, 0.4) is 0 Å². The summed E-state index contributed by atoms with van der Waals surface area (Å²) in [7, 11) is 0. The Hall–Kier alpha value is -1.82. The average molecular weight is 680 g/mol. The second-order valence-corrected chi connectivity index (χ2v) is 7.85. The molecule has 0 saturated carbocycles. The second kappa shape index (κ2) is 9.86. The van der Waals surface area contributed by atoms with E-state index in [0.717, 1.165) is 0 Å². The molecule has 41 heavy (non-hydrogen) atoms. The van der Waals surface area contributed by atoms with E-state index in [4.69, 9.17) is 0 Å². The first kappa shape index (κ1) is 39.2. The van der Waals surface area contributed by atoms with E-state index in [0.29, 0.717) is 0 Å². The topological polar surface area (TPSA) is 0 Å². The van der Waals surface area contributed by atoms with Gasteiger partial charge in [-0.25, -0.2) is 0 Å². The molecule has 0 nitrogen and oxygen atoms in total. The molecule has 26 heteroatoms. The quantitative estimate of drug-likeness (QED) is 0.180. The monoisotopic (exact) mass is 680 g/mol. The maximum Gasteiger partial charge on any atom is 0.460 e. The highest BCUT2D eigenvalue weighted by Crippen LogP contribution is 2.63. The van der Waals surface area contributed by atoms with Crippen molar-refractivity contribution >= 4 is 0 Å². The Morgan fingerprint density at radius 3 is 0.561 bits per heavy atom. The maximum absolute atomic E-state index is 13.5. The zero-order chi connectivity index (χ0) is 34.1. The van der Waals surface area contributed by atoms with Crippen molar-refractivity contribution in [2.24, 2.45) is 0 Å². The first-order valence-electron chi connectivity index (χ1n) is 9.12. The molecular weight excluding hydrogens is 674 g/mol. The standard InChI is InChI=1S/C15H6F26/c16-4(17,6(20,21)8(24,25)10(28,29)12(32,33)14(36,37)38)2-1-3-5(18,19)7(22,23)9(26,27)11(30,31)13(34,35)15(39,40)41/h1-3H2. The van der Waals surface area contributed by atoms with Crippen LogP contribution in [0.1, 0.15) is 19.3 Å². The molecular formula is C15H6F26. The summed E-state index contributed by atoms with van der Waals surface area (Å²) in [6, 6.07) is 0. The molecule has 0 aliphatic carbocycles. The minimum atomic E-state index is -8.49. The third-order valence-electron chi connectivity index (χ3n) is 4.98. The van der Waals surface area contributed by atoms with E-state index < -0.39 is 90.8 Å². The predicted octanol–water partition coefficient (Wildman–Crippen LogP) is 9.63. The summed E-state index contributed by atoms with van der Waals surface area (Å²) in [6.45, 7) is 0. The Labute approximate surface area is 206 Å². The lowest BCUT2D eigenvalue weighted by Gasteiger charge is -2.40. The molecule has 0 bridgehead atoms. The van der Waals surface area contributed by atoms with E-state index in [9.17, 15) is 114 Å². The van der Waals surface area contributed by atoms with E-state index in [1.807, 2.05) is 0 Å². The van der Waals surface area contributed by atoms with Crippen LogP contribution in [0.5, 0.6) is 0 Å². The summed E-state index contributed by atoms with van der Waals surface area (Å²) in [4.78, 5) is 0. The lowest BCUT2D eigenvalue weighted by atomic mass is 9.89. The predicted molar refractivity (Wildman–Crippen MR) is 75.4 cm³/mol. The summed E-state index contributed by atoms with van der Waals surface area (Å²) in [5.41, 5.74) is 0. The highest BCUT2D eigenvalue weighted by Gasteiger charge is 2.92. The van der Waals surface area contributed by atoms with Crippen molar-refractivity contribution in [2.75, 3.05) is 0 Å². The van der Waals surface area contributed by atoms with Gasteiger partial charge in [0, 0.05) is 12.8 Å². The number of hydrogen-bond donors (Lipinski definition) is 0. The molecule has 0 unspecified atom stereocenters. The summed E-state index contributed by atoms with van der Waals surface area (Å²) in [5.74, 6) is -81.2. The normalized spacial score (nSPS) is 16.8. The summed E-state index contributed by atoms with van der Waals surface area (Å²) in [6.07, 6.45) is -26.4. The molecule has 0 aromatic heterocycles. The fourth-order valence-corrected chi connectivity index (χ4v) is 2.45. The van der Waals surface area contributed by atoms with Crippen LogP contribution in [-0.2, 0) is 0 Å². The third kappa shape index (κ3) is 5.40. The van der Waals surface area contributed by atoms with Gasteiger partial charge in [-0.3, -0.25) is 0 Å². The van der Waals surface area contributed by atoms with Gasteiger partial charge in [0.15, 0.2) is 0 Å². The van der Waals surface area contributed by atoms with E-state index >= 15 is 0 Å². The average Bonchev–Trinajstić information content (AvgIpc) is 2.70. The van der Waals surface area contributed by atoms with Crippen molar-refractivity contribution in [2.45, 2.75) is 90.8 Å². The molecule has 0 aliphatic heterocycles. The van der Waals surface area contributed by atoms with Gasteiger partial charge in [0.2, 0.25) is 0 Å². The van der Waals surface area contributed by atoms with E-state index in [2.05, 4.69) is 0 Å². The van der Waals surface area contributed by atoms with Crippen molar-refractivity contribution < 1.29 is 114 Å². The third-order valence-corrected chi connectivity index (χ3v) is 4.98. The molecule has 248 valence electrons. The van der Waals surface area contributed by atoms with Gasteiger partial charge in [0.05, 0.1) is 0 Å². The summed E-state index contributed by atoms with van der Waals surface area (Å²) in [5, 5.41) is 0. The van der Waals surface area contributed by atoms with E-state index in [1.54, 1.807) is 0 Å². The van der Waals surface area contributed by atoms with Gasteiger partial charge in [0.25, 0.3) is 0 Å². The summed E-state index contributed by atoms with van der Waals surface area (Å²) >= 11 is 0. The summed E-state index contributed by atoms with van der Waals surface area (Å²) < 4.78 is 335. The first-order valence-corrected chi connectivity index (χ1v) is 9.12. The Kier molecular flexibility index (Phi) is 9.42. The zero-order valence-corrected chi connectivity index (χ0v) is 17.9. The van der Waals surface area contributed by atoms with Crippen LogP contribution in [-0.4, -0.2) is 71.6 Å². The SMILES string of the molecule is FC(F)(F)C(F)(F)C(F)(F)C(F)(F)C(F)(F)C(F)(F)CCCC(F)(F)C(F)(F)C(F)(F)C(F)(F)C(F)(F)C(F)(F)F. The van der Waals surface area contributed by atoms with Gasteiger partial charge < -0.3 is 0 Å². The van der Waals surface area contributed by atoms with Crippen molar-refractivity contribution in [1.82, 2.24) is 0 Å².